The van der Waals surface area contributed by atoms with Gasteiger partial charge in [-0.15, -0.1) is 34.0 Å². The number of aromatic nitrogens is 3. The lowest BCUT2D eigenvalue weighted by atomic mass is 9.92. The summed E-state index contributed by atoms with van der Waals surface area (Å²) in [6.07, 6.45) is 4.92. The summed E-state index contributed by atoms with van der Waals surface area (Å²) in [5.74, 6) is -5.32. The average Bonchev–Trinajstić information content (AvgIpc) is 1.70. The molecule has 3 aromatic heterocycles. The molecule has 3 N–H and O–H groups in total. The van der Waals surface area contributed by atoms with Gasteiger partial charge in [0.1, 0.15) is 40.7 Å². The predicted octanol–water partition coefficient (Wildman–Crippen LogP) is 12.7. The number of hydrogen-bond donors (Lipinski definition) is 3. The number of nitrogens with one attached hydrogen (secondary N) is 3. The fourth-order valence-electron chi connectivity index (χ4n) is 18.4. The molecule has 0 aliphatic carbocycles. The third-order valence-corrected chi connectivity index (χ3v) is 28.6. The molecule has 0 saturated carbocycles. The van der Waals surface area contributed by atoms with Crippen LogP contribution in [0.15, 0.2) is 205 Å². The SMILES string of the molecule is COC(=O)C1=C(CN2CCN3C(=O)N(c4ccc(C(C)(C)OC=O)cc4)C[C@@H]3C2)NC(c2nccs2)=N[C@H]1c1ccc(F)c(F)c1.COC(=O)C1=C(CN2CCN3C(=O)N(c4ccc(C(C)(C)OC=O)cc4)C[C@@H]3C2)NC(c2nccs2)=N[C@H]1c1ccc(F)c(F)c1C.COC(=O)C1=C(CN2CCN3C(=O)N(c4ccc(C(C)(C)OC=O)cc4)C[C@@H]3C2)NC(c2nccs2)=N[C@H]1c1cccc(F)c1Cl. The number of aliphatic imine (C=N–C) groups is 3. The number of carbonyl (C=O) groups is 9. The van der Waals surface area contributed by atoms with Gasteiger partial charge in [0.15, 0.2) is 55.8 Å². The van der Waals surface area contributed by atoms with E-state index >= 15 is 0 Å². The van der Waals surface area contributed by atoms with Gasteiger partial charge in [0.05, 0.1) is 61.2 Å². The predicted molar refractivity (Wildman–Crippen MR) is 508 cm³/mol. The van der Waals surface area contributed by atoms with Crippen molar-refractivity contribution in [3.05, 3.63) is 278 Å². The van der Waals surface area contributed by atoms with E-state index in [2.05, 4.69) is 45.6 Å². The lowest BCUT2D eigenvalue weighted by Crippen LogP contribution is -2.53. The number of esters is 3. The summed E-state index contributed by atoms with van der Waals surface area (Å²) < 4.78 is 103. The number of halogens is 6. The van der Waals surface area contributed by atoms with E-state index in [0.717, 1.165) is 52.0 Å². The van der Waals surface area contributed by atoms with Gasteiger partial charge in [0.25, 0.3) is 19.4 Å². The Kier molecular flexibility index (Phi) is 29.4. The highest BCUT2D eigenvalue weighted by molar-refractivity contribution is 7.12. The molecule has 0 spiro atoms. The number of amides is 6. The second kappa shape index (κ2) is 41.5. The molecule has 6 atom stereocenters. The minimum absolute atomic E-state index is 0.0472. The minimum atomic E-state index is -1.05. The molecule has 0 radical (unpaired) electrons. The maximum atomic E-state index is 14.8. The Balaban J connectivity index is 0.000000151. The highest BCUT2D eigenvalue weighted by atomic mass is 35.5. The lowest BCUT2D eigenvalue weighted by Gasteiger charge is -2.38. The monoisotopic (exact) mass is 1980 g/mol. The number of amidine groups is 3. The van der Waals surface area contributed by atoms with Crippen molar-refractivity contribution in [2.45, 2.75) is 102 Å². The molecular formula is C97H98ClF5N18O15S3. The van der Waals surface area contributed by atoms with Crippen molar-refractivity contribution in [1.82, 2.24) is 60.3 Å². The molecule has 139 heavy (non-hydrogen) atoms. The number of benzene rings is 6. The van der Waals surface area contributed by atoms with Crippen LogP contribution in [0.3, 0.4) is 0 Å². The number of anilines is 3. The van der Waals surface area contributed by atoms with Crippen molar-refractivity contribution in [3.8, 4) is 0 Å². The van der Waals surface area contributed by atoms with Gasteiger partial charge in [0, 0.05) is 173 Å². The number of ether oxygens (including phenoxy) is 6. The van der Waals surface area contributed by atoms with E-state index in [4.69, 9.17) is 55.0 Å². The van der Waals surface area contributed by atoms with Crippen molar-refractivity contribution in [3.63, 3.8) is 0 Å². The molecule has 33 nitrogen and oxygen atoms in total. The zero-order chi connectivity index (χ0) is 98.6. The standard InChI is InChI=1S/C33H34F2N6O5S.C32H32ClFN6O5S.C32H32F2N6O5S/c1-19-23(9-10-24(34)27(19)35)28-26(31(43)45-4)25(37-29(38-28)30-36-11-14-47-30)17-39-12-13-40-22(15-39)16-41(32(40)44)21-7-5-20(6-8-21)33(2,3)46-18-42;1-32(2,45-18-41)19-7-9-20(10-8-19)40-16-21-15-38(12-13-39(21)31(40)43)17-24-25(30(42)44-3)27(22-5-4-6-23(34)26(22)33)37-28(36-24)29-35-11-14-46-29;1-32(2,45-18-41)20-5-7-21(8-6-20)40-16-22-15-38(11-12-39(22)31(40)43)17-25-26(30(42)44-3)27(19-4-9-23(33)24(34)14-19)37-28(36-25)29-35-10-13-46-29/h5-11,14,18,22,28H,12-13,15-17H2,1-4H3,(H,37,38);4-11,14,18,21,27H,12-13,15-17H2,1-3H3,(H,36,37);4-10,13-14,18,22,27H,11-12,15-17H2,1-3H3,(H,36,37)/t22-,28-;21-,27-;22-,27-/m000/s1. The van der Waals surface area contributed by atoms with E-state index in [1.54, 1.807) is 91.7 Å². The Labute approximate surface area is 813 Å². The number of thiazole rings is 3. The Hall–Kier alpha value is -13.7. The van der Waals surface area contributed by atoms with Gasteiger partial charge in [-0.25, -0.2) is 65.7 Å². The van der Waals surface area contributed by atoms with Gasteiger partial charge < -0.3 is 59.1 Å². The second-order valence-corrected chi connectivity index (χ2v) is 38.4. The molecule has 726 valence electrons. The summed E-state index contributed by atoms with van der Waals surface area (Å²) in [6.45, 7) is 20.4. The fourth-order valence-corrected chi connectivity index (χ4v) is 20.4. The molecule has 0 bridgehead atoms. The van der Waals surface area contributed by atoms with Crippen LogP contribution < -0.4 is 30.7 Å². The van der Waals surface area contributed by atoms with Gasteiger partial charge in [-0.1, -0.05) is 72.3 Å². The number of methoxy groups -OCH3 is 3. The van der Waals surface area contributed by atoms with Gasteiger partial charge in [-0.2, -0.15) is 0 Å². The maximum absolute atomic E-state index is 14.8. The van der Waals surface area contributed by atoms with E-state index in [1.165, 1.54) is 86.5 Å². The van der Waals surface area contributed by atoms with Crippen LogP contribution in [0.4, 0.5) is 53.4 Å². The average molecular weight is 1980 g/mol. The van der Waals surface area contributed by atoms with Gasteiger partial charge >= 0.3 is 36.0 Å². The Morgan fingerprint density at radius 1 is 0.432 bits per heavy atom. The quantitative estimate of drug-likeness (QED) is 0.0186. The highest BCUT2D eigenvalue weighted by Crippen LogP contribution is 2.43. The molecule has 9 aliphatic rings. The Morgan fingerprint density at radius 2 is 0.777 bits per heavy atom. The summed E-state index contributed by atoms with van der Waals surface area (Å²) in [7, 11) is 3.82. The van der Waals surface area contributed by atoms with Crippen LogP contribution in [0.25, 0.3) is 0 Å². The first-order valence-electron chi connectivity index (χ1n) is 44.3. The minimum Gasteiger partial charge on any atom is -0.466 e. The summed E-state index contributed by atoms with van der Waals surface area (Å²) in [6, 6.07) is 29.1. The van der Waals surface area contributed by atoms with E-state index in [0.29, 0.717) is 171 Å². The number of urea groups is 3. The first-order valence-corrected chi connectivity index (χ1v) is 47.3. The summed E-state index contributed by atoms with van der Waals surface area (Å²) >= 11 is 10.5. The van der Waals surface area contributed by atoms with E-state index < -0.39 is 81.9 Å². The number of fused-ring (bicyclic) bond motifs is 3. The molecule has 9 aliphatic heterocycles. The molecule has 6 amide bonds. The molecule has 9 aromatic rings. The molecule has 0 unspecified atom stereocenters. The third-order valence-electron chi connectivity index (χ3n) is 25.8. The summed E-state index contributed by atoms with van der Waals surface area (Å²) in [4.78, 5) is 157. The zero-order valence-electron chi connectivity index (χ0n) is 77.1. The van der Waals surface area contributed by atoms with E-state index in [1.807, 2.05) is 92.9 Å². The molecule has 18 rings (SSSR count). The number of nitrogens with zero attached hydrogens (tertiary/aromatic N) is 15. The van der Waals surface area contributed by atoms with Crippen LogP contribution in [-0.4, -0.2) is 255 Å². The van der Waals surface area contributed by atoms with Crippen LogP contribution in [0.1, 0.15) is 114 Å². The van der Waals surface area contributed by atoms with E-state index in [-0.39, 0.29) is 76.6 Å². The van der Waals surface area contributed by atoms with Crippen molar-refractivity contribution in [2.24, 2.45) is 15.0 Å². The first kappa shape index (κ1) is 98.3. The highest BCUT2D eigenvalue weighted by Gasteiger charge is 2.48. The molecule has 6 fully saturated rings. The number of hydrogen-bond acceptors (Lipinski definition) is 30. The number of carbonyl (C=O) groups excluding carboxylic acids is 9. The largest absolute Gasteiger partial charge is 0.466 e. The number of piperazine rings is 3. The Bertz CT molecular complexity index is 6390. The topological polar surface area (TPSA) is 350 Å². The molecule has 6 aromatic carbocycles. The maximum Gasteiger partial charge on any atom is 0.338 e. The van der Waals surface area contributed by atoms with Gasteiger partial charge in [-0.05, 0) is 143 Å². The Morgan fingerprint density at radius 3 is 1.12 bits per heavy atom. The van der Waals surface area contributed by atoms with Crippen molar-refractivity contribution >= 4 is 136 Å². The van der Waals surface area contributed by atoms with Crippen LogP contribution in [0.5, 0.6) is 0 Å². The first-order chi connectivity index (χ1) is 66.7. The number of rotatable bonds is 27. The lowest BCUT2D eigenvalue weighted by molar-refractivity contribution is -0.142. The zero-order valence-corrected chi connectivity index (χ0v) is 80.3. The van der Waals surface area contributed by atoms with E-state index in [9.17, 15) is 65.1 Å². The summed E-state index contributed by atoms with van der Waals surface area (Å²) in [5, 5.41) is 16.9. The van der Waals surface area contributed by atoms with Crippen LogP contribution >= 0.6 is 45.6 Å². The normalized spacial score (nSPS) is 20.2. The summed E-state index contributed by atoms with van der Waals surface area (Å²) in [5.41, 5.74) is 5.42. The van der Waals surface area contributed by atoms with Gasteiger partial charge in [-0.3, -0.25) is 58.8 Å². The van der Waals surface area contributed by atoms with Crippen molar-refractivity contribution < 1.29 is 93.5 Å². The molecule has 42 heteroatoms. The smallest absolute Gasteiger partial charge is 0.338 e. The molecule has 6 saturated heterocycles. The van der Waals surface area contributed by atoms with Crippen molar-refractivity contribution in [2.75, 3.05) is 134 Å². The second-order valence-electron chi connectivity index (χ2n) is 35.3. The van der Waals surface area contributed by atoms with Gasteiger partial charge in [0.2, 0.25) is 0 Å². The molecular weight excluding hydrogens is 1880 g/mol. The van der Waals surface area contributed by atoms with Crippen molar-refractivity contribution in [1.29, 1.82) is 0 Å². The van der Waals surface area contributed by atoms with Crippen LogP contribution in [-0.2, 0) is 74.0 Å². The van der Waals surface area contributed by atoms with Crippen LogP contribution in [0.2, 0.25) is 5.02 Å². The van der Waals surface area contributed by atoms with Crippen LogP contribution in [0, 0.1) is 36.0 Å². The third kappa shape index (κ3) is 20.6. The fraction of sp³-hybridized carbons (Fsp3) is 0.351. The molecule has 12 heterocycles.